The van der Waals surface area contributed by atoms with E-state index < -0.39 is 23.6 Å². The van der Waals surface area contributed by atoms with Crippen molar-refractivity contribution in [1.29, 1.82) is 0 Å². The lowest BCUT2D eigenvalue weighted by molar-refractivity contribution is -0.140. The molecule has 180 valence electrons. The molecule has 1 unspecified atom stereocenters. The number of hydrogen-bond donors (Lipinski definition) is 1. The van der Waals surface area contributed by atoms with Crippen LogP contribution < -0.4 is 5.56 Å². The van der Waals surface area contributed by atoms with Gasteiger partial charge in [-0.25, -0.2) is 13.6 Å². The van der Waals surface area contributed by atoms with Gasteiger partial charge >= 0.3 is 5.97 Å². The standard InChI is InChI=1S/C21H23F2NO3S.C6H6/c1-2-3-4-5-6-7-13-11-18(25)24-17(21(26)27)12-28-20(24)19(13)14-8-9-15(22)16(23)10-14;1-2-4-6-5-3-1/h8-11,17H,2-7,12H2,1H3,(H,26,27);1-6H. The third kappa shape index (κ3) is 6.35. The van der Waals surface area contributed by atoms with E-state index in [0.717, 1.165) is 49.8 Å². The summed E-state index contributed by atoms with van der Waals surface area (Å²) in [7, 11) is 0. The predicted octanol–water partition coefficient (Wildman–Crippen LogP) is 6.72. The fraction of sp³-hybridized carbons (Fsp3) is 0.333. The molecule has 0 bridgehead atoms. The van der Waals surface area contributed by atoms with Crippen LogP contribution in [-0.4, -0.2) is 21.4 Å². The number of carboxylic acids is 1. The summed E-state index contributed by atoms with van der Waals surface area (Å²) in [4.78, 5) is 24.2. The number of hydrogen-bond acceptors (Lipinski definition) is 3. The van der Waals surface area contributed by atoms with Crippen LogP contribution in [0.5, 0.6) is 0 Å². The predicted molar refractivity (Wildman–Crippen MR) is 132 cm³/mol. The normalized spacial score (nSPS) is 14.3. The molecule has 1 aromatic heterocycles. The number of nitrogens with zero attached hydrogens (tertiary/aromatic N) is 1. The average Bonchev–Trinajstić information content (AvgIpc) is 3.29. The monoisotopic (exact) mass is 485 g/mol. The average molecular weight is 486 g/mol. The molecule has 0 radical (unpaired) electrons. The number of rotatable bonds is 8. The van der Waals surface area contributed by atoms with E-state index >= 15 is 0 Å². The first kappa shape index (κ1) is 25.7. The molecule has 7 heteroatoms. The van der Waals surface area contributed by atoms with Gasteiger partial charge in [0.2, 0.25) is 0 Å². The highest BCUT2D eigenvalue weighted by atomic mass is 32.2. The molecule has 4 rings (SSSR count). The Bertz CT molecular complexity index is 1140. The number of carboxylic acid groups (broad SMARTS) is 1. The van der Waals surface area contributed by atoms with Gasteiger partial charge in [-0.3, -0.25) is 9.36 Å². The molecule has 0 aliphatic carbocycles. The van der Waals surface area contributed by atoms with Crippen LogP contribution in [0, 0.1) is 11.6 Å². The summed E-state index contributed by atoms with van der Waals surface area (Å²) in [5, 5.41) is 9.96. The Morgan fingerprint density at radius 2 is 1.65 bits per heavy atom. The minimum atomic E-state index is -1.07. The van der Waals surface area contributed by atoms with E-state index in [0.29, 0.717) is 22.6 Å². The lowest BCUT2D eigenvalue weighted by Crippen LogP contribution is -2.29. The molecule has 1 N–H and O–H groups in total. The van der Waals surface area contributed by atoms with Crippen LogP contribution in [0.15, 0.2) is 70.5 Å². The summed E-state index contributed by atoms with van der Waals surface area (Å²) in [5.41, 5.74) is 1.51. The first-order chi connectivity index (χ1) is 16.4. The van der Waals surface area contributed by atoms with Crippen molar-refractivity contribution in [2.24, 2.45) is 0 Å². The first-order valence-corrected chi connectivity index (χ1v) is 12.5. The summed E-state index contributed by atoms with van der Waals surface area (Å²) < 4.78 is 28.6. The Morgan fingerprint density at radius 3 is 2.24 bits per heavy atom. The van der Waals surface area contributed by atoms with E-state index in [9.17, 15) is 23.5 Å². The van der Waals surface area contributed by atoms with Crippen LogP contribution in [0.4, 0.5) is 8.78 Å². The second-order valence-electron chi connectivity index (χ2n) is 8.17. The maximum atomic E-state index is 13.9. The van der Waals surface area contributed by atoms with Crippen molar-refractivity contribution < 1.29 is 18.7 Å². The minimum absolute atomic E-state index is 0.237. The van der Waals surface area contributed by atoms with Crippen molar-refractivity contribution in [2.45, 2.75) is 56.5 Å². The Labute approximate surface area is 202 Å². The second-order valence-corrected chi connectivity index (χ2v) is 9.18. The number of aliphatic carboxylic acids is 1. The lowest BCUT2D eigenvalue weighted by atomic mass is 9.96. The molecule has 0 fully saturated rings. The highest BCUT2D eigenvalue weighted by Gasteiger charge is 2.33. The summed E-state index contributed by atoms with van der Waals surface area (Å²) >= 11 is 1.28. The van der Waals surface area contributed by atoms with Gasteiger partial charge in [-0.15, -0.1) is 11.8 Å². The van der Waals surface area contributed by atoms with Crippen molar-refractivity contribution in [3.8, 4) is 11.1 Å². The number of pyridine rings is 1. The molecule has 0 saturated heterocycles. The lowest BCUT2D eigenvalue weighted by Gasteiger charge is -2.17. The van der Waals surface area contributed by atoms with Crippen LogP contribution in [0.1, 0.15) is 50.6 Å². The van der Waals surface area contributed by atoms with E-state index in [1.807, 2.05) is 36.4 Å². The molecule has 0 saturated carbocycles. The van der Waals surface area contributed by atoms with Crippen LogP contribution >= 0.6 is 11.8 Å². The molecule has 2 heterocycles. The fourth-order valence-corrected chi connectivity index (χ4v) is 5.32. The third-order valence-electron chi connectivity index (χ3n) is 5.69. The van der Waals surface area contributed by atoms with Gasteiger partial charge in [0.15, 0.2) is 11.6 Å². The Morgan fingerprint density at radius 1 is 1.00 bits per heavy atom. The van der Waals surface area contributed by atoms with E-state index in [1.165, 1.54) is 28.5 Å². The molecule has 1 aliphatic rings. The SMILES string of the molecule is CCCCCCCc1cc(=O)n2c(c1-c1ccc(F)c(F)c1)SCC2C(=O)O.c1ccccc1. The molecule has 4 nitrogen and oxygen atoms in total. The first-order valence-electron chi connectivity index (χ1n) is 11.5. The van der Waals surface area contributed by atoms with Crippen LogP contribution in [0.25, 0.3) is 11.1 Å². The van der Waals surface area contributed by atoms with Gasteiger partial charge in [0.1, 0.15) is 6.04 Å². The Kier molecular flexibility index (Phi) is 9.45. The van der Waals surface area contributed by atoms with Gasteiger partial charge in [0.25, 0.3) is 5.56 Å². The summed E-state index contributed by atoms with van der Waals surface area (Å²) in [6.45, 7) is 2.14. The van der Waals surface area contributed by atoms with Gasteiger partial charge in [0.05, 0.1) is 5.03 Å². The highest BCUT2D eigenvalue weighted by Crippen LogP contribution is 2.41. The number of benzene rings is 2. The molecule has 34 heavy (non-hydrogen) atoms. The van der Waals surface area contributed by atoms with Crippen LogP contribution in [0.3, 0.4) is 0 Å². The maximum Gasteiger partial charge on any atom is 0.327 e. The zero-order chi connectivity index (χ0) is 24.5. The van der Waals surface area contributed by atoms with E-state index in [-0.39, 0.29) is 11.3 Å². The molecule has 1 aliphatic heterocycles. The molecule has 2 aromatic carbocycles. The van der Waals surface area contributed by atoms with Crippen molar-refractivity contribution >= 4 is 17.7 Å². The van der Waals surface area contributed by atoms with Gasteiger partial charge in [-0.2, -0.15) is 0 Å². The van der Waals surface area contributed by atoms with Gasteiger partial charge < -0.3 is 5.11 Å². The zero-order valence-corrected chi connectivity index (χ0v) is 20.0. The van der Waals surface area contributed by atoms with Crippen molar-refractivity contribution in [3.63, 3.8) is 0 Å². The van der Waals surface area contributed by atoms with Crippen molar-refractivity contribution in [1.82, 2.24) is 4.57 Å². The fourth-order valence-electron chi connectivity index (χ4n) is 3.96. The van der Waals surface area contributed by atoms with Gasteiger partial charge in [-0.05, 0) is 36.1 Å². The molecule has 3 aromatic rings. The van der Waals surface area contributed by atoms with E-state index in [1.54, 1.807) is 0 Å². The zero-order valence-electron chi connectivity index (χ0n) is 19.2. The largest absolute Gasteiger partial charge is 0.480 e. The minimum Gasteiger partial charge on any atom is -0.480 e. The number of thioether (sulfide) groups is 1. The molecule has 1 atom stereocenters. The van der Waals surface area contributed by atoms with Crippen LogP contribution in [-0.2, 0) is 11.2 Å². The van der Waals surface area contributed by atoms with Crippen molar-refractivity contribution in [2.75, 3.05) is 5.75 Å². The topological polar surface area (TPSA) is 59.3 Å². The molecular weight excluding hydrogens is 456 g/mol. The van der Waals surface area contributed by atoms with Crippen LogP contribution in [0.2, 0.25) is 0 Å². The number of fused-ring (bicyclic) bond motifs is 1. The maximum absolute atomic E-state index is 13.9. The summed E-state index contributed by atoms with van der Waals surface area (Å²) in [5.74, 6) is -2.74. The number of halogens is 2. The molecule has 0 amide bonds. The van der Waals surface area contributed by atoms with Crippen molar-refractivity contribution in [3.05, 3.63) is 88.2 Å². The highest BCUT2D eigenvalue weighted by molar-refractivity contribution is 7.99. The number of aryl methyl sites for hydroxylation is 1. The quantitative estimate of drug-likeness (QED) is 0.360. The number of unbranched alkanes of at least 4 members (excludes halogenated alkanes) is 4. The number of aromatic nitrogens is 1. The molecule has 0 spiro atoms. The van der Waals surface area contributed by atoms with E-state index in [4.69, 9.17) is 0 Å². The van der Waals surface area contributed by atoms with E-state index in [2.05, 4.69) is 6.92 Å². The number of carbonyl (C=O) groups is 1. The molecular formula is C27H29F2NO3S. The Hall–Kier alpha value is -2.93. The Balaban J connectivity index is 0.000000469. The summed E-state index contributed by atoms with van der Waals surface area (Å²) in [6, 6.07) is 16.2. The smallest absolute Gasteiger partial charge is 0.327 e. The van der Waals surface area contributed by atoms with Gasteiger partial charge in [0, 0.05) is 17.4 Å². The summed E-state index contributed by atoms with van der Waals surface area (Å²) in [6.07, 6.45) is 5.93. The third-order valence-corrected chi connectivity index (χ3v) is 6.84. The van der Waals surface area contributed by atoms with Gasteiger partial charge in [-0.1, -0.05) is 75.1 Å². The second kappa shape index (κ2) is 12.5.